The summed E-state index contributed by atoms with van der Waals surface area (Å²) < 4.78 is 1.76. The number of aryl methyl sites for hydroxylation is 1. The van der Waals surface area contributed by atoms with E-state index in [1.54, 1.807) is 22.8 Å². The Bertz CT molecular complexity index is 686. The number of anilines is 1. The summed E-state index contributed by atoms with van der Waals surface area (Å²) in [6, 6.07) is 5.64. The van der Waals surface area contributed by atoms with Gasteiger partial charge in [-0.15, -0.1) is 0 Å². The normalized spacial score (nSPS) is 11.2. The van der Waals surface area contributed by atoms with Gasteiger partial charge in [-0.2, -0.15) is 5.10 Å². The Morgan fingerprint density at radius 2 is 2.33 bits per heavy atom. The summed E-state index contributed by atoms with van der Waals surface area (Å²) >= 11 is 1.59. The first-order valence-corrected chi connectivity index (χ1v) is 6.42. The quantitative estimate of drug-likeness (QED) is 0.551. The molecule has 0 radical (unpaired) electrons. The standard InChI is InChI=1S/C11H12N6S/c1-17-10(13-6-14-17)5-18-11-15-8-3-2-7(12)4-9(8)16-11/h2-4,6H,5,12H2,1H3,(H,15,16). The van der Waals surface area contributed by atoms with Crippen LogP contribution in [0.4, 0.5) is 5.69 Å². The van der Waals surface area contributed by atoms with Crippen LogP contribution < -0.4 is 5.73 Å². The molecule has 0 aliphatic rings. The lowest BCUT2D eigenvalue weighted by molar-refractivity contribution is 0.729. The largest absolute Gasteiger partial charge is 0.399 e. The number of nitrogens with one attached hydrogen (secondary N) is 1. The van der Waals surface area contributed by atoms with Crippen LogP contribution in [-0.2, 0) is 12.8 Å². The molecule has 2 aromatic heterocycles. The number of hydrogen-bond donors (Lipinski definition) is 2. The van der Waals surface area contributed by atoms with Crippen LogP contribution in [0.3, 0.4) is 0 Å². The molecule has 7 heteroatoms. The van der Waals surface area contributed by atoms with Crippen molar-refractivity contribution in [3.05, 3.63) is 30.4 Å². The summed E-state index contributed by atoms with van der Waals surface area (Å²) in [6.07, 6.45) is 1.55. The predicted molar refractivity (Wildman–Crippen MR) is 71.1 cm³/mol. The molecule has 0 amide bonds. The van der Waals surface area contributed by atoms with Crippen molar-refractivity contribution in [1.82, 2.24) is 24.7 Å². The smallest absolute Gasteiger partial charge is 0.166 e. The molecule has 3 rings (SSSR count). The molecular weight excluding hydrogens is 248 g/mol. The summed E-state index contributed by atoms with van der Waals surface area (Å²) in [5.74, 6) is 1.64. The first kappa shape index (κ1) is 11.1. The monoisotopic (exact) mass is 260 g/mol. The molecule has 92 valence electrons. The third kappa shape index (κ3) is 2.04. The van der Waals surface area contributed by atoms with Crippen LogP contribution in [0.25, 0.3) is 11.0 Å². The minimum Gasteiger partial charge on any atom is -0.399 e. The fourth-order valence-electron chi connectivity index (χ4n) is 1.66. The number of aromatic nitrogens is 5. The molecular formula is C11H12N6S. The fraction of sp³-hybridized carbons (Fsp3) is 0.182. The number of fused-ring (bicyclic) bond motifs is 1. The van der Waals surface area contributed by atoms with Crippen molar-refractivity contribution in [2.75, 3.05) is 5.73 Å². The number of nitrogens with zero attached hydrogens (tertiary/aromatic N) is 4. The number of nitrogen functional groups attached to an aromatic ring is 1. The van der Waals surface area contributed by atoms with E-state index in [2.05, 4.69) is 20.1 Å². The van der Waals surface area contributed by atoms with Gasteiger partial charge in [0.1, 0.15) is 12.2 Å². The number of rotatable bonds is 3. The highest BCUT2D eigenvalue weighted by atomic mass is 32.2. The summed E-state index contributed by atoms with van der Waals surface area (Å²) in [4.78, 5) is 11.9. The number of thioether (sulfide) groups is 1. The molecule has 1 aromatic carbocycles. The van der Waals surface area contributed by atoms with Gasteiger partial charge in [0, 0.05) is 12.7 Å². The molecule has 0 fully saturated rings. The molecule has 0 atom stereocenters. The van der Waals surface area contributed by atoms with E-state index in [1.807, 2.05) is 25.2 Å². The van der Waals surface area contributed by atoms with Crippen LogP contribution in [0, 0.1) is 0 Å². The highest BCUT2D eigenvalue weighted by Crippen LogP contribution is 2.23. The van der Waals surface area contributed by atoms with Crippen molar-refractivity contribution < 1.29 is 0 Å². The van der Waals surface area contributed by atoms with Gasteiger partial charge in [-0.1, -0.05) is 11.8 Å². The van der Waals surface area contributed by atoms with Gasteiger partial charge >= 0.3 is 0 Å². The Morgan fingerprint density at radius 1 is 1.44 bits per heavy atom. The summed E-state index contributed by atoms with van der Waals surface area (Å²) in [7, 11) is 1.88. The fourth-order valence-corrected chi connectivity index (χ4v) is 2.53. The van der Waals surface area contributed by atoms with Crippen molar-refractivity contribution >= 4 is 28.5 Å². The zero-order valence-electron chi connectivity index (χ0n) is 9.79. The predicted octanol–water partition coefficient (Wildman–Crippen LogP) is 1.57. The molecule has 0 spiro atoms. The lowest BCUT2D eigenvalue weighted by atomic mass is 10.3. The molecule has 2 heterocycles. The minimum absolute atomic E-state index is 0.728. The highest BCUT2D eigenvalue weighted by molar-refractivity contribution is 7.98. The van der Waals surface area contributed by atoms with Crippen LogP contribution in [-0.4, -0.2) is 24.7 Å². The number of hydrogen-bond acceptors (Lipinski definition) is 5. The SMILES string of the molecule is Cn1ncnc1CSc1nc2ccc(N)cc2[nH]1. The molecule has 3 N–H and O–H groups in total. The number of benzene rings is 1. The van der Waals surface area contributed by atoms with Gasteiger partial charge in [0.05, 0.1) is 16.8 Å². The summed E-state index contributed by atoms with van der Waals surface area (Å²) in [5.41, 5.74) is 8.34. The number of H-pyrrole nitrogens is 1. The van der Waals surface area contributed by atoms with E-state index in [-0.39, 0.29) is 0 Å². The van der Waals surface area contributed by atoms with Gasteiger partial charge in [-0.3, -0.25) is 4.68 Å². The first-order valence-electron chi connectivity index (χ1n) is 5.43. The number of aromatic amines is 1. The maximum Gasteiger partial charge on any atom is 0.166 e. The second-order valence-electron chi connectivity index (χ2n) is 3.91. The second-order valence-corrected chi connectivity index (χ2v) is 4.87. The van der Waals surface area contributed by atoms with E-state index in [9.17, 15) is 0 Å². The molecule has 0 aliphatic carbocycles. The maximum absolute atomic E-state index is 5.73. The molecule has 0 saturated heterocycles. The number of nitrogens with two attached hydrogens (primary N) is 1. The summed E-state index contributed by atoms with van der Waals surface area (Å²) in [5, 5.41) is 4.89. The minimum atomic E-state index is 0.728. The average molecular weight is 260 g/mol. The maximum atomic E-state index is 5.73. The van der Waals surface area contributed by atoms with E-state index < -0.39 is 0 Å². The Morgan fingerprint density at radius 3 is 3.11 bits per heavy atom. The molecule has 0 unspecified atom stereocenters. The van der Waals surface area contributed by atoms with E-state index in [0.717, 1.165) is 33.5 Å². The van der Waals surface area contributed by atoms with Crippen LogP contribution in [0.1, 0.15) is 5.82 Å². The van der Waals surface area contributed by atoms with Gasteiger partial charge in [-0.25, -0.2) is 9.97 Å². The lowest BCUT2D eigenvalue weighted by Crippen LogP contribution is -1.97. The van der Waals surface area contributed by atoms with Crippen molar-refractivity contribution in [1.29, 1.82) is 0 Å². The molecule has 0 aliphatic heterocycles. The van der Waals surface area contributed by atoms with E-state index in [4.69, 9.17) is 5.73 Å². The van der Waals surface area contributed by atoms with Gasteiger partial charge in [0.25, 0.3) is 0 Å². The Balaban J connectivity index is 1.81. The van der Waals surface area contributed by atoms with Crippen LogP contribution in [0.5, 0.6) is 0 Å². The van der Waals surface area contributed by atoms with Gasteiger partial charge in [0.2, 0.25) is 0 Å². The van der Waals surface area contributed by atoms with Crippen molar-refractivity contribution in [2.24, 2.45) is 7.05 Å². The van der Waals surface area contributed by atoms with Gasteiger partial charge < -0.3 is 10.7 Å². The van der Waals surface area contributed by atoms with Crippen molar-refractivity contribution in [3.63, 3.8) is 0 Å². The average Bonchev–Trinajstić information content (AvgIpc) is 2.92. The zero-order valence-corrected chi connectivity index (χ0v) is 10.6. The lowest BCUT2D eigenvalue weighted by Gasteiger charge is -1.97. The topological polar surface area (TPSA) is 85.4 Å². The van der Waals surface area contributed by atoms with Crippen LogP contribution >= 0.6 is 11.8 Å². The van der Waals surface area contributed by atoms with Gasteiger partial charge in [-0.05, 0) is 18.2 Å². The Kier molecular flexibility index (Phi) is 2.67. The van der Waals surface area contributed by atoms with Crippen molar-refractivity contribution in [2.45, 2.75) is 10.9 Å². The summed E-state index contributed by atoms with van der Waals surface area (Å²) in [6.45, 7) is 0. The molecule has 0 saturated carbocycles. The highest BCUT2D eigenvalue weighted by Gasteiger charge is 2.06. The van der Waals surface area contributed by atoms with Crippen molar-refractivity contribution in [3.8, 4) is 0 Å². The molecule has 6 nitrogen and oxygen atoms in total. The van der Waals surface area contributed by atoms with E-state index in [0.29, 0.717) is 0 Å². The van der Waals surface area contributed by atoms with Crippen LogP contribution in [0.15, 0.2) is 29.7 Å². The third-order valence-corrected chi connectivity index (χ3v) is 3.50. The zero-order chi connectivity index (χ0) is 12.5. The van der Waals surface area contributed by atoms with E-state index in [1.165, 1.54) is 0 Å². The third-order valence-electron chi connectivity index (χ3n) is 2.63. The Hall–Kier alpha value is -2.02. The second kappa shape index (κ2) is 4.34. The Labute approximate surface area is 108 Å². The number of imidazole rings is 1. The first-order chi connectivity index (χ1) is 8.72. The molecule has 0 bridgehead atoms. The molecule has 18 heavy (non-hydrogen) atoms. The van der Waals surface area contributed by atoms with E-state index >= 15 is 0 Å². The molecule has 3 aromatic rings. The van der Waals surface area contributed by atoms with Crippen LogP contribution in [0.2, 0.25) is 0 Å². The van der Waals surface area contributed by atoms with Gasteiger partial charge in [0.15, 0.2) is 5.16 Å².